The number of rotatable bonds is 6. The van der Waals surface area contributed by atoms with Crippen LogP contribution in [0, 0.1) is 6.92 Å². The molecule has 1 unspecified atom stereocenters. The van der Waals surface area contributed by atoms with Crippen LogP contribution in [0.25, 0.3) is 11.3 Å². The summed E-state index contributed by atoms with van der Waals surface area (Å²) in [5.41, 5.74) is 2.46. The second-order valence-electron chi connectivity index (χ2n) is 5.58. The van der Waals surface area contributed by atoms with E-state index in [1.807, 2.05) is 26.1 Å². The smallest absolute Gasteiger partial charge is 0.208 e. The third-order valence-electron chi connectivity index (χ3n) is 3.64. The maximum Gasteiger partial charge on any atom is 0.208 e. The molecule has 1 atom stereocenters. The van der Waals surface area contributed by atoms with Crippen molar-refractivity contribution < 1.29 is 8.42 Å². The van der Waals surface area contributed by atoms with E-state index in [0.717, 1.165) is 29.1 Å². The molecule has 3 heterocycles. The van der Waals surface area contributed by atoms with Gasteiger partial charge < -0.3 is 0 Å². The van der Waals surface area contributed by atoms with E-state index in [4.69, 9.17) is 0 Å². The molecule has 0 radical (unpaired) electrons. The van der Waals surface area contributed by atoms with Gasteiger partial charge in [-0.3, -0.25) is 5.10 Å². The molecule has 0 saturated heterocycles. The highest BCUT2D eigenvalue weighted by molar-refractivity contribution is 7.88. The topological polar surface area (TPSA) is 110 Å². The van der Waals surface area contributed by atoms with Crippen molar-refractivity contribution >= 4 is 15.7 Å². The lowest BCUT2D eigenvalue weighted by molar-refractivity contribution is 0.569. The number of hydrogen-bond donors (Lipinski definition) is 2. The minimum Gasteiger partial charge on any atom is -0.258 e. The van der Waals surface area contributed by atoms with Crippen LogP contribution in [0.4, 0.5) is 0 Å². The van der Waals surface area contributed by atoms with Gasteiger partial charge >= 0.3 is 0 Å². The van der Waals surface area contributed by atoms with Crippen LogP contribution in [-0.4, -0.2) is 50.8 Å². The third kappa shape index (κ3) is 3.13. The Hall–Kier alpha value is -2.20. The summed E-state index contributed by atoms with van der Waals surface area (Å²) in [6.45, 7) is 4.27. The van der Waals surface area contributed by atoms with E-state index < -0.39 is 10.0 Å². The van der Waals surface area contributed by atoms with Crippen molar-refractivity contribution in [3.63, 3.8) is 0 Å². The minimum absolute atomic E-state index is 0.0442. The van der Waals surface area contributed by atoms with Gasteiger partial charge in [-0.25, -0.2) is 17.8 Å². The number of nitrogens with one attached hydrogen (secondary N) is 2. The molecule has 0 bridgehead atoms. The molecule has 3 aromatic rings. The highest BCUT2D eigenvalue weighted by Crippen LogP contribution is 2.23. The van der Waals surface area contributed by atoms with Gasteiger partial charge in [0.2, 0.25) is 10.0 Å². The van der Waals surface area contributed by atoms with Gasteiger partial charge in [0.05, 0.1) is 11.9 Å². The van der Waals surface area contributed by atoms with Crippen LogP contribution in [0.3, 0.4) is 0 Å². The van der Waals surface area contributed by atoms with E-state index in [9.17, 15) is 8.42 Å². The first-order valence-electron chi connectivity index (χ1n) is 7.25. The van der Waals surface area contributed by atoms with Crippen LogP contribution in [0.15, 0.2) is 18.5 Å². The molecule has 0 aliphatic carbocycles. The standard InChI is InChI=1S/C13H19N7O2S/c1-9(5-7-15-23(3,21)22)12-16-17-13-11(10(2)18-20(12)13)19-8-4-6-14-19/h4,6,8-9,15,17H,5,7H2,1-3H3. The summed E-state index contributed by atoms with van der Waals surface area (Å²) >= 11 is 0. The number of nitrogens with zero attached hydrogens (tertiary/aromatic N) is 5. The first kappa shape index (κ1) is 15.7. The second-order valence-corrected chi connectivity index (χ2v) is 7.42. The van der Waals surface area contributed by atoms with Crippen molar-refractivity contribution in [1.82, 2.24) is 34.3 Å². The monoisotopic (exact) mass is 337 g/mol. The molecule has 10 heteroatoms. The molecular formula is C13H19N7O2S. The van der Waals surface area contributed by atoms with Crippen molar-refractivity contribution in [3.8, 4) is 5.69 Å². The Kier molecular flexibility index (Phi) is 3.94. The van der Waals surface area contributed by atoms with Gasteiger partial charge in [0.1, 0.15) is 5.69 Å². The van der Waals surface area contributed by atoms with Gasteiger partial charge in [-0.05, 0) is 19.4 Å². The average molecular weight is 337 g/mol. The molecule has 3 aromatic heterocycles. The normalized spacial score (nSPS) is 13.7. The van der Waals surface area contributed by atoms with Crippen molar-refractivity contribution in [3.05, 3.63) is 30.0 Å². The Morgan fingerprint density at radius 3 is 2.87 bits per heavy atom. The van der Waals surface area contributed by atoms with Crippen LogP contribution in [0.2, 0.25) is 0 Å². The summed E-state index contributed by atoms with van der Waals surface area (Å²) in [5.74, 6) is 0.805. The van der Waals surface area contributed by atoms with E-state index in [1.165, 1.54) is 0 Å². The molecule has 0 aliphatic rings. The Morgan fingerprint density at radius 2 is 2.22 bits per heavy atom. The number of sulfonamides is 1. The minimum atomic E-state index is -3.18. The highest BCUT2D eigenvalue weighted by Gasteiger charge is 2.20. The molecule has 9 nitrogen and oxygen atoms in total. The Balaban J connectivity index is 1.87. The number of fused-ring (bicyclic) bond motifs is 1. The fourth-order valence-electron chi connectivity index (χ4n) is 2.53. The lowest BCUT2D eigenvalue weighted by Gasteiger charge is -2.08. The molecule has 3 rings (SSSR count). The molecule has 0 amide bonds. The molecule has 0 aliphatic heterocycles. The van der Waals surface area contributed by atoms with Gasteiger partial charge in [-0.15, -0.1) is 0 Å². The summed E-state index contributed by atoms with van der Waals surface area (Å²) in [6.07, 6.45) is 5.34. The number of aromatic nitrogens is 6. The van der Waals surface area contributed by atoms with E-state index in [2.05, 4.69) is 25.1 Å². The molecule has 0 fully saturated rings. The second kappa shape index (κ2) is 5.78. The lowest BCUT2D eigenvalue weighted by atomic mass is 10.1. The Labute approximate surface area is 133 Å². The van der Waals surface area contributed by atoms with Crippen molar-refractivity contribution in [2.24, 2.45) is 0 Å². The molecule has 0 saturated carbocycles. The third-order valence-corrected chi connectivity index (χ3v) is 4.37. The molecule has 124 valence electrons. The average Bonchev–Trinajstić information content (AvgIpc) is 3.12. The molecule has 0 aromatic carbocycles. The van der Waals surface area contributed by atoms with Crippen LogP contribution in [0.1, 0.15) is 30.8 Å². The van der Waals surface area contributed by atoms with E-state index in [1.54, 1.807) is 15.4 Å². The fraction of sp³-hybridized carbons (Fsp3) is 0.462. The predicted molar refractivity (Wildman–Crippen MR) is 85.1 cm³/mol. The fourth-order valence-corrected chi connectivity index (χ4v) is 3.02. The number of aromatic amines is 1. The van der Waals surface area contributed by atoms with Crippen molar-refractivity contribution in [2.45, 2.75) is 26.2 Å². The molecule has 0 spiro atoms. The Morgan fingerprint density at radius 1 is 1.43 bits per heavy atom. The zero-order chi connectivity index (χ0) is 16.6. The van der Waals surface area contributed by atoms with Gasteiger partial charge in [-0.1, -0.05) is 6.92 Å². The van der Waals surface area contributed by atoms with Crippen LogP contribution in [0.5, 0.6) is 0 Å². The van der Waals surface area contributed by atoms with E-state index in [0.29, 0.717) is 13.0 Å². The summed E-state index contributed by atoms with van der Waals surface area (Å²) < 4.78 is 28.3. The molecule has 2 N–H and O–H groups in total. The summed E-state index contributed by atoms with van der Waals surface area (Å²) in [7, 11) is -3.18. The number of aryl methyl sites for hydroxylation is 1. The van der Waals surface area contributed by atoms with Gasteiger partial charge in [0.25, 0.3) is 0 Å². The highest BCUT2D eigenvalue weighted by atomic mass is 32.2. The lowest BCUT2D eigenvalue weighted by Crippen LogP contribution is -2.24. The maximum absolute atomic E-state index is 11.1. The van der Waals surface area contributed by atoms with Crippen molar-refractivity contribution in [1.29, 1.82) is 0 Å². The molecular weight excluding hydrogens is 318 g/mol. The first-order valence-corrected chi connectivity index (χ1v) is 9.14. The van der Waals surface area contributed by atoms with Crippen LogP contribution >= 0.6 is 0 Å². The van der Waals surface area contributed by atoms with Crippen LogP contribution < -0.4 is 4.72 Å². The quantitative estimate of drug-likeness (QED) is 0.684. The zero-order valence-corrected chi connectivity index (χ0v) is 14.0. The SMILES string of the molecule is Cc1nn2c(C(C)CCNS(C)(=O)=O)n[nH]c2c1-n1cccn1. The van der Waals surface area contributed by atoms with Gasteiger partial charge in [0.15, 0.2) is 11.5 Å². The first-order chi connectivity index (χ1) is 10.9. The number of hydrogen-bond acceptors (Lipinski definition) is 5. The largest absolute Gasteiger partial charge is 0.258 e. The van der Waals surface area contributed by atoms with Gasteiger partial charge in [-0.2, -0.15) is 19.8 Å². The summed E-state index contributed by atoms with van der Waals surface area (Å²) in [5, 5.41) is 16.1. The van der Waals surface area contributed by atoms with Crippen molar-refractivity contribution in [2.75, 3.05) is 12.8 Å². The molecule has 23 heavy (non-hydrogen) atoms. The van der Waals surface area contributed by atoms with Gasteiger partial charge in [0, 0.05) is 24.9 Å². The van der Waals surface area contributed by atoms with Crippen LogP contribution in [-0.2, 0) is 10.0 Å². The number of H-pyrrole nitrogens is 1. The predicted octanol–water partition coefficient (Wildman–Crippen LogP) is 0.594. The maximum atomic E-state index is 11.1. The summed E-state index contributed by atoms with van der Waals surface area (Å²) in [6, 6.07) is 1.85. The Bertz CT molecular complexity index is 908. The van der Waals surface area contributed by atoms with E-state index >= 15 is 0 Å². The zero-order valence-electron chi connectivity index (χ0n) is 13.2. The van der Waals surface area contributed by atoms with E-state index in [-0.39, 0.29) is 5.92 Å². The summed E-state index contributed by atoms with van der Waals surface area (Å²) in [4.78, 5) is 0.